The minimum Gasteiger partial charge on any atom is -0.504 e. The van der Waals surface area contributed by atoms with Gasteiger partial charge in [-0.25, -0.2) is 0 Å². The van der Waals surface area contributed by atoms with Crippen molar-refractivity contribution < 1.29 is 14.6 Å². The maximum atomic E-state index is 12.8. The fraction of sp³-hybridized carbons (Fsp3) is 0.533. The molecule has 2 fully saturated rings. The Morgan fingerprint density at radius 3 is 2.95 bits per heavy atom. The first-order chi connectivity index (χ1) is 9.62. The average Bonchev–Trinajstić information content (AvgIpc) is 3.10. The number of carbonyl (C=O) groups is 1. The Morgan fingerprint density at radius 1 is 1.45 bits per heavy atom. The molecule has 106 valence electrons. The first kappa shape index (κ1) is 11.9. The van der Waals surface area contributed by atoms with Gasteiger partial charge in [0.25, 0.3) is 5.91 Å². The van der Waals surface area contributed by atoms with E-state index in [-0.39, 0.29) is 17.7 Å². The zero-order valence-electron chi connectivity index (χ0n) is 11.5. The van der Waals surface area contributed by atoms with E-state index in [1.807, 2.05) is 4.90 Å². The lowest BCUT2D eigenvalue weighted by molar-refractivity contribution is 0.0744. The zero-order valence-corrected chi connectivity index (χ0v) is 11.5. The third-order valence-electron chi connectivity index (χ3n) is 4.91. The molecule has 5 nitrogen and oxygen atoms in total. The lowest BCUT2D eigenvalue weighted by atomic mass is 10.0. The molecule has 0 aromatic heterocycles. The summed E-state index contributed by atoms with van der Waals surface area (Å²) in [5, 5.41) is 13.2. The Bertz CT molecular complexity index is 595. The lowest BCUT2D eigenvalue weighted by Gasteiger charge is -2.21. The van der Waals surface area contributed by atoms with Crippen LogP contribution >= 0.6 is 0 Å². The molecule has 1 aliphatic carbocycles. The van der Waals surface area contributed by atoms with Crippen molar-refractivity contribution in [1.29, 1.82) is 0 Å². The molecule has 20 heavy (non-hydrogen) atoms. The molecule has 0 unspecified atom stereocenters. The van der Waals surface area contributed by atoms with Crippen molar-refractivity contribution in [1.82, 2.24) is 4.90 Å². The summed E-state index contributed by atoms with van der Waals surface area (Å²) in [6.07, 6.45) is 3.60. The van der Waals surface area contributed by atoms with Gasteiger partial charge in [-0.1, -0.05) is 0 Å². The Morgan fingerprint density at radius 2 is 2.25 bits per heavy atom. The van der Waals surface area contributed by atoms with E-state index in [2.05, 4.69) is 5.32 Å². The van der Waals surface area contributed by atoms with E-state index in [1.165, 1.54) is 20.0 Å². The van der Waals surface area contributed by atoms with Crippen molar-refractivity contribution >= 4 is 11.6 Å². The maximum absolute atomic E-state index is 12.8. The number of hydrogen-bond acceptors (Lipinski definition) is 4. The molecule has 5 heteroatoms. The van der Waals surface area contributed by atoms with Gasteiger partial charge in [-0.2, -0.15) is 0 Å². The van der Waals surface area contributed by atoms with Crippen LogP contribution in [-0.4, -0.2) is 42.2 Å². The molecule has 2 N–H and O–H groups in total. The number of amides is 1. The molecule has 4 rings (SSSR count). The van der Waals surface area contributed by atoms with Gasteiger partial charge in [0, 0.05) is 25.2 Å². The summed E-state index contributed by atoms with van der Waals surface area (Å²) in [4.78, 5) is 14.8. The quantitative estimate of drug-likeness (QED) is 0.820. The van der Waals surface area contributed by atoms with Crippen molar-refractivity contribution in [2.24, 2.45) is 5.41 Å². The van der Waals surface area contributed by atoms with Crippen molar-refractivity contribution in [3.8, 4) is 11.5 Å². The highest BCUT2D eigenvalue weighted by atomic mass is 16.5. The number of rotatable bonds is 1. The van der Waals surface area contributed by atoms with Gasteiger partial charge in [0.05, 0.1) is 18.4 Å². The number of phenolic OH excluding ortho intramolecular Hbond substituents is 1. The molecule has 2 aliphatic heterocycles. The van der Waals surface area contributed by atoms with Crippen molar-refractivity contribution in [2.45, 2.75) is 25.3 Å². The van der Waals surface area contributed by atoms with E-state index < -0.39 is 0 Å². The largest absolute Gasteiger partial charge is 0.504 e. The summed E-state index contributed by atoms with van der Waals surface area (Å²) < 4.78 is 5.12. The molecular weight excluding hydrogens is 256 g/mol. The molecule has 3 aliphatic rings. The molecule has 0 bridgehead atoms. The van der Waals surface area contributed by atoms with Gasteiger partial charge in [0.15, 0.2) is 11.5 Å². The van der Waals surface area contributed by atoms with E-state index in [1.54, 1.807) is 12.1 Å². The van der Waals surface area contributed by atoms with Gasteiger partial charge >= 0.3 is 0 Å². The predicted octanol–water partition coefficient (Wildman–Crippen LogP) is 1.82. The summed E-state index contributed by atoms with van der Waals surface area (Å²) in [5.74, 6) is 0.460. The second kappa shape index (κ2) is 3.81. The van der Waals surface area contributed by atoms with Crippen LogP contribution in [0.3, 0.4) is 0 Å². The fourth-order valence-corrected chi connectivity index (χ4v) is 3.56. The van der Waals surface area contributed by atoms with Gasteiger partial charge < -0.3 is 20.1 Å². The van der Waals surface area contributed by atoms with Gasteiger partial charge in [0.1, 0.15) is 0 Å². The van der Waals surface area contributed by atoms with E-state index in [0.29, 0.717) is 22.4 Å². The first-order valence-corrected chi connectivity index (χ1v) is 7.08. The third kappa shape index (κ3) is 1.58. The van der Waals surface area contributed by atoms with Crippen LogP contribution in [0.2, 0.25) is 0 Å². The average molecular weight is 274 g/mol. The molecule has 1 saturated carbocycles. The van der Waals surface area contributed by atoms with Crippen LogP contribution in [0, 0.1) is 5.41 Å². The molecule has 0 radical (unpaired) electrons. The van der Waals surface area contributed by atoms with Crippen LogP contribution in [0.4, 0.5) is 5.69 Å². The van der Waals surface area contributed by atoms with E-state index in [9.17, 15) is 9.90 Å². The highest BCUT2D eigenvalue weighted by molar-refractivity contribution is 6.01. The standard InChI is InChI=1S/C15H18N2O3/c1-20-13-4-10-11(5-12(13)18)16-7-9-6-15(2-3-15)8-17(9)14(10)19/h4-5,9,16,18H,2-3,6-8H2,1H3/t9-/m0/s1. The number of methoxy groups -OCH3 is 1. The number of anilines is 1. The summed E-state index contributed by atoms with van der Waals surface area (Å²) >= 11 is 0. The molecule has 1 saturated heterocycles. The van der Waals surface area contributed by atoms with Crippen molar-refractivity contribution in [3.63, 3.8) is 0 Å². The van der Waals surface area contributed by atoms with Crippen LogP contribution in [0.25, 0.3) is 0 Å². The van der Waals surface area contributed by atoms with Gasteiger partial charge in [-0.05, 0) is 30.7 Å². The number of nitrogens with zero attached hydrogens (tertiary/aromatic N) is 1. The molecule has 2 heterocycles. The van der Waals surface area contributed by atoms with Crippen LogP contribution < -0.4 is 10.1 Å². The van der Waals surface area contributed by atoms with E-state index in [0.717, 1.165) is 19.5 Å². The highest BCUT2D eigenvalue weighted by Crippen LogP contribution is 2.55. The van der Waals surface area contributed by atoms with Crippen LogP contribution in [-0.2, 0) is 0 Å². The zero-order chi connectivity index (χ0) is 13.9. The Hall–Kier alpha value is -1.91. The minimum absolute atomic E-state index is 0.0528. The Labute approximate surface area is 117 Å². The van der Waals surface area contributed by atoms with Crippen LogP contribution in [0.15, 0.2) is 12.1 Å². The maximum Gasteiger partial charge on any atom is 0.256 e. The number of phenols is 1. The van der Waals surface area contributed by atoms with E-state index >= 15 is 0 Å². The van der Waals surface area contributed by atoms with Crippen LogP contribution in [0.1, 0.15) is 29.6 Å². The smallest absolute Gasteiger partial charge is 0.256 e. The molecule has 1 amide bonds. The molecular formula is C15H18N2O3. The predicted molar refractivity (Wildman–Crippen MR) is 74.3 cm³/mol. The number of hydrogen-bond donors (Lipinski definition) is 2. The number of carbonyl (C=O) groups excluding carboxylic acids is 1. The van der Waals surface area contributed by atoms with Crippen molar-refractivity contribution in [3.05, 3.63) is 17.7 Å². The molecule has 1 atom stereocenters. The summed E-state index contributed by atoms with van der Waals surface area (Å²) in [6.45, 7) is 1.63. The third-order valence-corrected chi connectivity index (χ3v) is 4.91. The minimum atomic E-state index is 0.0528. The first-order valence-electron chi connectivity index (χ1n) is 7.08. The SMILES string of the molecule is COc1cc2c(cc1O)NC[C@@H]1CC3(CC3)CN1C2=O. The normalized spacial score (nSPS) is 25.8. The summed E-state index contributed by atoms with van der Waals surface area (Å²) in [6, 6.07) is 3.49. The lowest BCUT2D eigenvalue weighted by Crippen LogP contribution is -2.37. The topological polar surface area (TPSA) is 61.8 Å². The van der Waals surface area contributed by atoms with Crippen LogP contribution in [0.5, 0.6) is 11.5 Å². The summed E-state index contributed by atoms with van der Waals surface area (Å²) in [5.41, 5.74) is 1.70. The second-order valence-electron chi connectivity index (χ2n) is 6.24. The molecule has 1 aromatic rings. The monoisotopic (exact) mass is 274 g/mol. The summed E-state index contributed by atoms with van der Waals surface area (Å²) in [7, 11) is 1.49. The second-order valence-corrected chi connectivity index (χ2v) is 6.24. The highest BCUT2D eigenvalue weighted by Gasteiger charge is 2.53. The van der Waals surface area contributed by atoms with E-state index in [4.69, 9.17) is 4.74 Å². The fourth-order valence-electron chi connectivity index (χ4n) is 3.56. The van der Waals surface area contributed by atoms with Gasteiger partial charge in [0.2, 0.25) is 0 Å². The molecule has 1 aromatic carbocycles. The van der Waals surface area contributed by atoms with Gasteiger partial charge in [-0.15, -0.1) is 0 Å². The number of benzene rings is 1. The number of fused-ring (bicyclic) bond motifs is 2. The number of ether oxygens (including phenoxy) is 1. The van der Waals surface area contributed by atoms with Gasteiger partial charge in [-0.3, -0.25) is 4.79 Å². The number of aromatic hydroxyl groups is 1. The van der Waals surface area contributed by atoms with Crippen molar-refractivity contribution in [2.75, 3.05) is 25.5 Å². The Kier molecular flexibility index (Phi) is 2.26. The number of nitrogens with one attached hydrogen (secondary N) is 1. The molecule has 1 spiro atoms. The Balaban J connectivity index is 1.75.